The topological polar surface area (TPSA) is 64.2 Å². The van der Waals surface area contributed by atoms with Gasteiger partial charge >= 0.3 is 0 Å². The van der Waals surface area contributed by atoms with E-state index in [1.807, 2.05) is 18.7 Å². The summed E-state index contributed by atoms with van der Waals surface area (Å²) in [6.07, 6.45) is 4.56. The molecule has 1 saturated heterocycles. The molecule has 1 fully saturated rings. The lowest BCUT2D eigenvalue weighted by molar-refractivity contribution is 0.0686. The lowest BCUT2D eigenvalue weighted by Gasteiger charge is -2.27. The molecule has 2 N–H and O–H groups in total. The van der Waals surface area contributed by atoms with Gasteiger partial charge in [-0.25, -0.2) is 0 Å². The maximum atomic E-state index is 12.8. The molecule has 5 nitrogen and oxygen atoms in total. The van der Waals surface area contributed by atoms with Crippen molar-refractivity contribution in [1.82, 2.24) is 14.7 Å². The Kier molecular flexibility index (Phi) is 4.12. The number of hydrogen-bond acceptors (Lipinski definition) is 3. The van der Waals surface area contributed by atoms with E-state index in [-0.39, 0.29) is 11.9 Å². The Labute approximate surface area is 114 Å². The fraction of sp³-hybridized carbons (Fsp3) is 0.714. The van der Waals surface area contributed by atoms with Crippen LogP contribution in [0.5, 0.6) is 0 Å². The summed E-state index contributed by atoms with van der Waals surface area (Å²) in [4.78, 5) is 14.7. The number of carbonyl (C=O) groups excluding carboxylic acids is 1. The summed E-state index contributed by atoms with van der Waals surface area (Å²) in [5.74, 6) is 0.0364. The van der Waals surface area contributed by atoms with Gasteiger partial charge in [-0.05, 0) is 33.6 Å². The first-order valence-electron chi connectivity index (χ1n) is 7.20. The van der Waals surface area contributed by atoms with Crippen LogP contribution in [0.2, 0.25) is 0 Å². The van der Waals surface area contributed by atoms with Crippen LogP contribution in [0.1, 0.15) is 55.7 Å². The molecule has 2 rings (SSSR count). The molecule has 0 bridgehead atoms. The number of aromatic nitrogens is 2. The molecule has 1 unspecified atom stereocenters. The molecule has 2 heterocycles. The minimum Gasteiger partial charge on any atom is -0.395 e. The number of hydrogen-bond donors (Lipinski definition) is 1. The predicted molar refractivity (Wildman–Crippen MR) is 76.0 cm³/mol. The monoisotopic (exact) mass is 264 g/mol. The molecule has 1 aliphatic rings. The van der Waals surface area contributed by atoms with Crippen LogP contribution in [0, 0.1) is 6.92 Å². The van der Waals surface area contributed by atoms with E-state index in [0.717, 1.165) is 25.1 Å². The number of aryl methyl sites for hydroxylation is 2. The first kappa shape index (κ1) is 13.9. The van der Waals surface area contributed by atoms with Gasteiger partial charge in [0.1, 0.15) is 5.69 Å². The highest BCUT2D eigenvalue weighted by Crippen LogP contribution is 2.23. The summed E-state index contributed by atoms with van der Waals surface area (Å²) in [5.41, 5.74) is 7.88. The van der Waals surface area contributed by atoms with Gasteiger partial charge in [-0.3, -0.25) is 9.48 Å². The maximum absolute atomic E-state index is 12.8. The Bertz CT molecular complexity index is 466. The molecule has 19 heavy (non-hydrogen) atoms. The van der Waals surface area contributed by atoms with Gasteiger partial charge in [-0.1, -0.05) is 12.8 Å². The van der Waals surface area contributed by atoms with Gasteiger partial charge in [-0.15, -0.1) is 0 Å². The standard InChI is InChI=1S/C14H24N4O/c1-4-18-13(12(15)11(3)16-18)14(19)17-9-7-5-6-8-10(17)2/h10H,4-9,15H2,1-3H3. The number of anilines is 1. The summed E-state index contributed by atoms with van der Waals surface area (Å²) in [6, 6.07) is 0.287. The fourth-order valence-electron chi connectivity index (χ4n) is 2.76. The van der Waals surface area contributed by atoms with Crippen LogP contribution in [0.25, 0.3) is 0 Å². The molecule has 0 aromatic carbocycles. The summed E-state index contributed by atoms with van der Waals surface area (Å²) in [7, 11) is 0. The molecule has 1 amide bonds. The van der Waals surface area contributed by atoms with E-state index in [1.165, 1.54) is 12.8 Å². The van der Waals surface area contributed by atoms with Crippen molar-refractivity contribution in [2.75, 3.05) is 12.3 Å². The molecule has 0 aliphatic carbocycles. The van der Waals surface area contributed by atoms with E-state index in [0.29, 0.717) is 17.9 Å². The molecule has 5 heteroatoms. The van der Waals surface area contributed by atoms with Crippen molar-refractivity contribution in [3.8, 4) is 0 Å². The molecule has 0 radical (unpaired) electrons. The number of nitrogens with zero attached hydrogens (tertiary/aromatic N) is 3. The van der Waals surface area contributed by atoms with Crippen molar-refractivity contribution in [2.45, 2.75) is 59.0 Å². The van der Waals surface area contributed by atoms with Crippen molar-refractivity contribution < 1.29 is 4.79 Å². The van der Waals surface area contributed by atoms with E-state index in [4.69, 9.17) is 5.73 Å². The Morgan fingerprint density at radius 3 is 2.84 bits per heavy atom. The Balaban J connectivity index is 2.32. The van der Waals surface area contributed by atoms with Gasteiger partial charge in [0.15, 0.2) is 0 Å². The summed E-state index contributed by atoms with van der Waals surface area (Å²) < 4.78 is 1.73. The molecule has 1 atom stereocenters. The third-order valence-electron chi connectivity index (χ3n) is 3.99. The molecule has 106 valence electrons. The first-order chi connectivity index (χ1) is 9.06. The third kappa shape index (κ3) is 2.60. The van der Waals surface area contributed by atoms with Gasteiger partial charge in [-0.2, -0.15) is 5.10 Å². The second kappa shape index (κ2) is 5.63. The SMILES string of the molecule is CCn1nc(C)c(N)c1C(=O)N1CCCCCC1C. The number of amides is 1. The Hall–Kier alpha value is -1.52. The Morgan fingerprint density at radius 2 is 2.16 bits per heavy atom. The Morgan fingerprint density at radius 1 is 1.42 bits per heavy atom. The average molecular weight is 264 g/mol. The zero-order chi connectivity index (χ0) is 14.0. The van der Waals surface area contributed by atoms with Gasteiger partial charge in [0, 0.05) is 19.1 Å². The molecule has 1 aromatic heterocycles. The lowest BCUT2D eigenvalue weighted by Crippen LogP contribution is -2.39. The van der Waals surface area contributed by atoms with Gasteiger partial charge in [0.2, 0.25) is 0 Å². The van der Waals surface area contributed by atoms with Crippen LogP contribution in [0.3, 0.4) is 0 Å². The number of nitrogen functional groups attached to an aromatic ring is 1. The normalized spacial score (nSPS) is 20.4. The van der Waals surface area contributed by atoms with Gasteiger partial charge < -0.3 is 10.6 Å². The van der Waals surface area contributed by atoms with Crippen molar-refractivity contribution >= 4 is 11.6 Å². The minimum atomic E-state index is 0.0364. The van der Waals surface area contributed by atoms with Crippen molar-refractivity contribution in [3.63, 3.8) is 0 Å². The molecule has 0 spiro atoms. The summed E-state index contributed by atoms with van der Waals surface area (Å²) in [6.45, 7) is 7.45. The van der Waals surface area contributed by atoms with E-state index in [9.17, 15) is 4.79 Å². The van der Waals surface area contributed by atoms with Crippen LogP contribution in [0.4, 0.5) is 5.69 Å². The first-order valence-corrected chi connectivity index (χ1v) is 7.20. The predicted octanol–water partition coefficient (Wildman–Crippen LogP) is 2.20. The highest BCUT2D eigenvalue weighted by atomic mass is 16.2. The van der Waals surface area contributed by atoms with Crippen molar-refractivity contribution in [2.24, 2.45) is 0 Å². The number of rotatable bonds is 2. The number of nitrogens with two attached hydrogens (primary N) is 1. The fourth-order valence-corrected chi connectivity index (χ4v) is 2.76. The molecule has 1 aromatic rings. The largest absolute Gasteiger partial charge is 0.395 e. The van der Waals surface area contributed by atoms with Gasteiger partial charge in [0.25, 0.3) is 5.91 Å². The zero-order valence-corrected chi connectivity index (χ0v) is 12.1. The number of likely N-dealkylation sites (tertiary alicyclic amines) is 1. The summed E-state index contributed by atoms with van der Waals surface area (Å²) in [5, 5.41) is 4.34. The third-order valence-corrected chi connectivity index (χ3v) is 3.99. The highest BCUT2D eigenvalue weighted by molar-refractivity contribution is 5.98. The zero-order valence-electron chi connectivity index (χ0n) is 12.1. The van der Waals surface area contributed by atoms with E-state index >= 15 is 0 Å². The second-order valence-electron chi connectivity index (χ2n) is 5.36. The molecular weight excluding hydrogens is 240 g/mol. The van der Waals surface area contributed by atoms with E-state index in [2.05, 4.69) is 12.0 Å². The van der Waals surface area contributed by atoms with Crippen LogP contribution in [-0.4, -0.2) is 33.2 Å². The van der Waals surface area contributed by atoms with Crippen LogP contribution in [0.15, 0.2) is 0 Å². The van der Waals surface area contributed by atoms with Crippen LogP contribution in [-0.2, 0) is 6.54 Å². The van der Waals surface area contributed by atoms with Crippen LogP contribution >= 0.6 is 0 Å². The summed E-state index contributed by atoms with van der Waals surface area (Å²) >= 11 is 0. The number of carbonyl (C=O) groups is 1. The second-order valence-corrected chi connectivity index (χ2v) is 5.36. The lowest BCUT2D eigenvalue weighted by atomic mass is 10.1. The van der Waals surface area contributed by atoms with Gasteiger partial charge in [0.05, 0.1) is 11.4 Å². The maximum Gasteiger partial charge on any atom is 0.274 e. The highest BCUT2D eigenvalue weighted by Gasteiger charge is 2.28. The quantitative estimate of drug-likeness (QED) is 0.890. The van der Waals surface area contributed by atoms with Crippen LogP contribution < -0.4 is 5.73 Å². The average Bonchev–Trinajstić information content (AvgIpc) is 2.55. The molecular formula is C14H24N4O. The van der Waals surface area contributed by atoms with E-state index < -0.39 is 0 Å². The smallest absolute Gasteiger partial charge is 0.274 e. The molecule has 1 aliphatic heterocycles. The van der Waals surface area contributed by atoms with E-state index in [1.54, 1.807) is 4.68 Å². The van der Waals surface area contributed by atoms with Crippen molar-refractivity contribution in [1.29, 1.82) is 0 Å². The van der Waals surface area contributed by atoms with Crippen molar-refractivity contribution in [3.05, 3.63) is 11.4 Å². The molecule has 0 saturated carbocycles. The minimum absolute atomic E-state index is 0.0364.